The highest BCUT2D eigenvalue weighted by atomic mass is 79.9. The van der Waals surface area contributed by atoms with Crippen molar-refractivity contribution in [3.63, 3.8) is 0 Å². The topological polar surface area (TPSA) is 29.1 Å². The predicted molar refractivity (Wildman–Crippen MR) is 73.4 cm³/mol. The number of hydrogen-bond acceptors (Lipinski definition) is 1. The van der Waals surface area contributed by atoms with E-state index in [1.807, 2.05) is 0 Å². The molecule has 0 aliphatic heterocycles. The quantitative estimate of drug-likeness (QED) is 0.817. The van der Waals surface area contributed by atoms with Gasteiger partial charge in [0.15, 0.2) is 5.82 Å². The molecule has 7 heteroatoms. The summed E-state index contributed by atoms with van der Waals surface area (Å²) in [6, 6.07) is 5.19. The molecule has 2 aromatic carbocycles. The first-order valence-corrected chi connectivity index (χ1v) is 6.46. The van der Waals surface area contributed by atoms with Crippen molar-refractivity contribution < 1.29 is 18.0 Å². The zero-order valence-electron chi connectivity index (χ0n) is 9.68. The molecule has 0 saturated heterocycles. The molecule has 0 aliphatic carbocycles. The van der Waals surface area contributed by atoms with Gasteiger partial charge in [-0.1, -0.05) is 27.5 Å². The molecule has 0 fully saturated rings. The van der Waals surface area contributed by atoms with Gasteiger partial charge in [-0.05, 0) is 24.3 Å². The molecule has 0 saturated carbocycles. The van der Waals surface area contributed by atoms with Gasteiger partial charge in [-0.2, -0.15) is 0 Å². The molecule has 0 heterocycles. The average Bonchev–Trinajstić information content (AvgIpc) is 2.33. The average molecular weight is 365 g/mol. The van der Waals surface area contributed by atoms with Crippen molar-refractivity contribution in [3.8, 4) is 0 Å². The van der Waals surface area contributed by atoms with Crippen LogP contribution in [0.1, 0.15) is 10.4 Å². The highest BCUT2D eigenvalue weighted by Gasteiger charge is 2.17. The molecular weight excluding hydrogens is 358 g/mol. The second kappa shape index (κ2) is 5.85. The Kier molecular flexibility index (Phi) is 4.35. The summed E-state index contributed by atoms with van der Waals surface area (Å²) in [6.45, 7) is 0. The van der Waals surface area contributed by atoms with Crippen molar-refractivity contribution in [1.29, 1.82) is 0 Å². The molecule has 0 atom stereocenters. The molecule has 104 valence electrons. The fourth-order valence-corrected chi connectivity index (χ4v) is 2.09. The molecule has 1 amide bonds. The fraction of sp³-hybridized carbons (Fsp3) is 0. The van der Waals surface area contributed by atoms with Crippen LogP contribution in [0.2, 0.25) is 5.02 Å². The van der Waals surface area contributed by atoms with Crippen LogP contribution in [0, 0.1) is 17.5 Å². The Hall–Kier alpha value is -1.53. The Morgan fingerprint density at radius 3 is 2.40 bits per heavy atom. The van der Waals surface area contributed by atoms with E-state index in [9.17, 15) is 18.0 Å². The van der Waals surface area contributed by atoms with E-state index < -0.39 is 29.0 Å². The van der Waals surface area contributed by atoms with Crippen LogP contribution in [0.3, 0.4) is 0 Å². The molecule has 0 spiro atoms. The molecule has 2 rings (SSSR count). The fourth-order valence-electron chi connectivity index (χ4n) is 1.52. The van der Waals surface area contributed by atoms with Crippen LogP contribution in [0.4, 0.5) is 18.9 Å². The maximum Gasteiger partial charge on any atom is 0.258 e. The molecule has 2 aromatic rings. The summed E-state index contributed by atoms with van der Waals surface area (Å²) in [6.07, 6.45) is 0. The van der Waals surface area contributed by atoms with E-state index >= 15 is 0 Å². The van der Waals surface area contributed by atoms with E-state index in [-0.39, 0.29) is 10.6 Å². The van der Waals surface area contributed by atoms with Gasteiger partial charge in [-0.15, -0.1) is 0 Å². The van der Waals surface area contributed by atoms with Gasteiger partial charge in [0.25, 0.3) is 5.91 Å². The lowest BCUT2D eigenvalue weighted by atomic mass is 10.2. The van der Waals surface area contributed by atoms with Gasteiger partial charge in [-0.25, -0.2) is 13.2 Å². The highest BCUT2D eigenvalue weighted by molar-refractivity contribution is 9.10. The lowest BCUT2D eigenvalue weighted by Gasteiger charge is -2.09. The van der Waals surface area contributed by atoms with Crippen LogP contribution in [0.25, 0.3) is 0 Å². The summed E-state index contributed by atoms with van der Waals surface area (Å²) < 4.78 is 40.4. The number of amides is 1. The molecule has 0 unspecified atom stereocenters. The number of anilines is 1. The van der Waals surface area contributed by atoms with Gasteiger partial charge >= 0.3 is 0 Å². The molecule has 2 nitrogen and oxygen atoms in total. The number of nitrogens with one attached hydrogen (secondary N) is 1. The SMILES string of the molecule is O=C(Nc1c(F)cc(F)cc1Cl)c1ccc(Br)cc1F. The van der Waals surface area contributed by atoms with Crippen molar-refractivity contribution in [2.45, 2.75) is 0 Å². The number of carbonyl (C=O) groups is 1. The van der Waals surface area contributed by atoms with Crippen molar-refractivity contribution in [3.05, 3.63) is 62.8 Å². The van der Waals surface area contributed by atoms with Crippen LogP contribution in [-0.4, -0.2) is 5.91 Å². The molecule has 0 aliphatic rings. The standard InChI is InChI=1S/C13H6BrClF3NO/c14-6-1-2-8(10(17)3-6)13(20)19-12-9(15)4-7(16)5-11(12)18/h1-5H,(H,19,20). The Bertz CT molecular complexity index is 670. The Balaban J connectivity index is 2.33. The maximum absolute atomic E-state index is 13.6. The van der Waals surface area contributed by atoms with Gasteiger partial charge in [0.2, 0.25) is 0 Å². The third-order valence-electron chi connectivity index (χ3n) is 2.42. The molecular formula is C13H6BrClF3NO. The van der Waals surface area contributed by atoms with Crippen molar-refractivity contribution >= 4 is 39.1 Å². The molecule has 0 bridgehead atoms. The summed E-state index contributed by atoms with van der Waals surface area (Å²) in [5.41, 5.74) is -0.687. The van der Waals surface area contributed by atoms with Crippen LogP contribution >= 0.6 is 27.5 Å². The monoisotopic (exact) mass is 363 g/mol. The third kappa shape index (κ3) is 3.13. The van der Waals surface area contributed by atoms with E-state index in [1.165, 1.54) is 12.1 Å². The van der Waals surface area contributed by atoms with Crippen LogP contribution in [0.5, 0.6) is 0 Å². The highest BCUT2D eigenvalue weighted by Crippen LogP contribution is 2.27. The molecule has 20 heavy (non-hydrogen) atoms. The normalized spacial score (nSPS) is 10.4. The number of rotatable bonds is 2. The van der Waals surface area contributed by atoms with Crippen LogP contribution < -0.4 is 5.32 Å². The Labute approximate surface area is 125 Å². The number of hydrogen-bond donors (Lipinski definition) is 1. The lowest BCUT2D eigenvalue weighted by Crippen LogP contribution is -2.15. The van der Waals surface area contributed by atoms with Gasteiger partial charge in [-0.3, -0.25) is 4.79 Å². The number of halogens is 5. The Morgan fingerprint density at radius 1 is 1.10 bits per heavy atom. The molecule has 0 radical (unpaired) electrons. The maximum atomic E-state index is 13.6. The van der Waals surface area contributed by atoms with E-state index in [2.05, 4.69) is 21.2 Å². The van der Waals surface area contributed by atoms with E-state index in [0.717, 1.165) is 12.1 Å². The van der Waals surface area contributed by atoms with Gasteiger partial charge < -0.3 is 5.32 Å². The van der Waals surface area contributed by atoms with Crippen molar-refractivity contribution in [2.75, 3.05) is 5.32 Å². The first kappa shape index (κ1) is 14.9. The summed E-state index contributed by atoms with van der Waals surface area (Å²) >= 11 is 8.68. The second-order valence-corrected chi connectivity index (χ2v) is 5.15. The minimum Gasteiger partial charge on any atom is -0.318 e. The third-order valence-corrected chi connectivity index (χ3v) is 3.21. The van der Waals surface area contributed by atoms with E-state index in [0.29, 0.717) is 10.5 Å². The summed E-state index contributed by atoms with van der Waals surface area (Å²) in [7, 11) is 0. The minimum atomic E-state index is -1.04. The Morgan fingerprint density at radius 2 is 1.80 bits per heavy atom. The minimum absolute atomic E-state index is 0.284. The van der Waals surface area contributed by atoms with E-state index in [1.54, 1.807) is 0 Å². The smallest absolute Gasteiger partial charge is 0.258 e. The van der Waals surface area contributed by atoms with Gasteiger partial charge in [0, 0.05) is 10.5 Å². The zero-order valence-corrected chi connectivity index (χ0v) is 12.0. The number of carbonyl (C=O) groups excluding carboxylic acids is 1. The largest absolute Gasteiger partial charge is 0.318 e. The van der Waals surface area contributed by atoms with Crippen molar-refractivity contribution in [1.82, 2.24) is 0 Å². The predicted octanol–water partition coefficient (Wildman–Crippen LogP) is 4.77. The van der Waals surface area contributed by atoms with Gasteiger partial charge in [0.05, 0.1) is 16.3 Å². The first-order valence-electron chi connectivity index (χ1n) is 5.29. The summed E-state index contributed by atoms with van der Waals surface area (Å²) in [4.78, 5) is 11.9. The van der Waals surface area contributed by atoms with E-state index in [4.69, 9.17) is 11.6 Å². The lowest BCUT2D eigenvalue weighted by molar-refractivity contribution is 0.102. The van der Waals surface area contributed by atoms with Gasteiger partial charge in [0.1, 0.15) is 11.6 Å². The van der Waals surface area contributed by atoms with Crippen LogP contribution in [0.15, 0.2) is 34.8 Å². The first-order chi connectivity index (χ1) is 9.38. The zero-order chi connectivity index (χ0) is 14.9. The summed E-state index contributed by atoms with van der Waals surface area (Å²) in [5, 5.41) is 1.80. The van der Waals surface area contributed by atoms with Crippen LogP contribution in [-0.2, 0) is 0 Å². The number of benzene rings is 2. The summed E-state index contributed by atoms with van der Waals surface area (Å²) in [5.74, 6) is -3.58. The van der Waals surface area contributed by atoms with Crippen molar-refractivity contribution in [2.24, 2.45) is 0 Å². The molecule has 1 N–H and O–H groups in total. The second-order valence-electron chi connectivity index (χ2n) is 3.82. The molecule has 0 aromatic heterocycles.